The van der Waals surface area contributed by atoms with Crippen molar-refractivity contribution >= 4 is 18.6 Å². The van der Waals surface area contributed by atoms with Crippen molar-refractivity contribution in [1.29, 1.82) is 0 Å². The molecule has 1 heterocycles. The van der Waals surface area contributed by atoms with Gasteiger partial charge in [-0.15, -0.1) is 0 Å². The molecular weight excluding hydrogens is 226 g/mol. The zero-order valence-electron chi connectivity index (χ0n) is 9.14. The van der Waals surface area contributed by atoms with Gasteiger partial charge in [-0.3, -0.25) is 9.78 Å². The van der Waals surface area contributed by atoms with Crippen molar-refractivity contribution < 1.29 is 14.6 Å². The Bertz CT molecular complexity index is 368. The van der Waals surface area contributed by atoms with Crippen LogP contribution in [-0.4, -0.2) is 22.7 Å². The number of esters is 1. The van der Waals surface area contributed by atoms with Crippen molar-refractivity contribution in [2.45, 2.75) is 25.5 Å². The van der Waals surface area contributed by atoms with E-state index in [2.05, 4.69) is 17.6 Å². The summed E-state index contributed by atoms with van der Waals surface area (Å²) in [6.45, 7) is 1.47. The van der Waals surface area contributed by atoms with Crippen molar-refractivity contribution in [3.63, 3.8) is 0 Å². The van der Waals surface area contributed by atoms with Gasteiger partial charge in [0, 0.05) is 36.7 Å². The molecule has 16 heavy (non-hydrogen) atoms. The molecule has 0 spiro atoms. The average molecular weight is 241 g/mol. The predicted octanol–water partition coefficient (Wildman–Crippen LogP) is 1.36. The number of carbonyl (C=O) groups excluding carboxylic acids is 1. The van der Waals surface area contributed by atoms with E-state index in [9.17, 15) is 4.79 Å². The molecule has 0 saturated heterocycles. The van der Waals surface area contributed by atoms with Crippen LogP contribution < -0.4 is 4.74 Å². The van der Waals surface area contributed by atoms with Crippen LogP contribution in [0.1, 0.15) is 24.6 Å². The van der Waals surface area contributed by atoms with Gasteiger partial charge in [-0.1, -0.05) is 0 Å². The Hall–Kier alpha value is -1.07. The molecule has 88 valence electrons. The number of ether oxygens (including phenoxy) is 1. The van der Waals surface area contributed by atoms with Crippen molar-refractivity contribution in [2.75, 3.05) is 6.61 Å². The summed E-state index contributed by atoms with van der Waals surface area (Å²) in [7, 11) is 0. The monoisotopic (exact) mass is 241 g/mol. The molecule has 1 aromatic heterocycles. The van der Waals surface area contributed by atoms with E-state index in [-0.39, 0.29) is 12.6 Å². The summed E-state index contributed by atoms with van der Waals surface area (Å²) < 4.78 is 5.07. The lowest BCUT2D eigenvalue weighted by molar-refractivity contribution is -0.131. The van der Waals surface area contributed by atoms with Gasteiger partial charge in [-0.25, -0.2) is 0 Å². The molecule has 0 aromatic carbocycles. The standard InChI is InChI=1S/C11H15NO3S/c1-8(14)15-11-4-5-12-10(3-2-6-13)9(11)7-16/h4-5,13,16H,2-3,6-7H2,1H3. The van der Waals surface area contributed by atoms with Gasteiger partial charge in [0.1, 0.15) is 5.75 Å². The predicted molar refractivity (Wildman–Crippen MR) is 63.6 cm³/mol. The average Bonchev–Trinajstić information content (AvgIpc) is 2.25. The zero-order valence-corrected chi connectivity index (χ0v) is 10.0. The maximum absolute atomic E-state index is 10.9. The first kappa shape index (κ1) is 13.0. The van der Waals surface area contributed by atoms with Gasteiger partial charge < -0.3 is 9.84 Å². The summed E-state index contributed by atoms with van der Waals surface area (Å²) in [5.74, 6) is 0.602. The van der Waals surface area contributed by atoms with Gasteiger partial charge in [-0.2, -0.15) is 12.6 Å². The number of aliphatic hydroxyl groups is 1. The maximum Gasteiger partial charge on any atom is 0.308 e. The molecule has 0 bridgehead atoms. The Balaban J connectivity index is 2.95. The molecule has 0 aliphatic rings. The quantitative estimate of drug-likeness (QED) is 0.603. The number of hydrogen-bond donors (Lipinski definition) is 2. The summed E-state index contributed by atoms with van der Waals surface area (Å²) in [5, 5.41) is 8.77. The molecule has 0 aliphatic carbocycles. The maximum atomic E-state index is 10.9. The lowest BCUT2D eigenvalue weighted by Gasteiger charge is -2.10. The highest BCUT2D eigenvalue weighted by atomic mass is 32.1. The highest BCUT2D eigenvalue weighted by Gasteiger charge is 2.10. The first-order valence-corrected chi connectivity index (χ1v) is 5.69. The lowest BCUT2D eigenvalue weighted by Crippen LogP contribution is -2.07. The van der Waals surface area contributed by atoms with E-state index in [4.69, 9.17) is 9.84 Å². The van der Waals surface area contributed by atoms with E-state index < -0.39 is 0 Å². The highest BCUT2D eigenvalue weighted by molar-refractivity contribution is 7.79. The summed E-state index contributed by atoms with van der Waals surface area (Å²) in [4.78, 5) is 15.1. The second-order valence-corrected chi connectivity index (χ2v) is 3.63. The Morgan fingerprint density at radius 1 is 1.62 bits per heavy atom. The summed E-state index contributed by atoms with van der Waals surface area (Å²) in [6, 6.07) is 1.65. The fourth-order valence-corrected chi connectivity index (χ4v) is 1.74. The number of hydrogen-bond acceptors (Lipinski definition) is 5. The normalized spacial score (nSPS) is 10.2. The van der Waals surface area contributed by atoms with E-state index in [0.29, 0.717) is 24.3 Å². The van der Waals surface area contributed by atoms with Crippen LogP contribution in [0.5, 0.6) is 5.75 Å². The number of carbonyl (C=O) groups is 1. The van der Waals surface area contributed by atoms with Gasteiger partial charge in [0.15, 0.2) is 0 Å². The van der Waals surface area contributed by atoms with Crippen molar-refractivity contribution in [1.82, 2.24) is 4.98 Å². The molecule has 0 aliphatic heterocycles. The third kappa shape index (κ3) is 3.50. The van der Waals surface area contributed by atoms with Crippen molar-refractivity contribution in [3.8, 4) is 5.75 Å². The number of rotatable bonds is 5. The first-order valence-electron chi connectivity index (χ1n) is 5.06. The molecule has 5 heteroatoms. The first-order chi connectivity index (χ1) is 7.69. The third-order valence-electron chi connectivity index (χ3n) is 2.09. The number of pyridine rings is 1. The minimum absolute atomic E-state index is 0.117. The second kappa shape index (κ2) is 6.50. The molecule has 0 unspecified atom stereocenters. The number of nitrogens with zero attached hydrogens (tertiary/aromatic N) is 1. The topological polar surface area (TPSA) is 59.4 Å². The van der Waals surface area contributed by atoms with Crippen LogP contribution in [0.2, 0.25) is 0 Å². The van der Waals surface area contributed by atoms with Crippen LogP contribution in [-0.2, 0) is 17.0 Å². The molecule has 0 amide bonds. The van der Waals surface area contributed by atoms with Gasteiger partial charge >= 0.3 is 5.97 Å². The summed E-state index contributed by atoms with van der Waals surface area (Å²) in [5.41, 5.74) is 1.64. The number of aliphatic hydroxyl groups excluding tert-OH is 1. The van der Waals surface area contributed by atoms with Crippen LogP contribution in [0.15, 0.2) is 12.3 Å². The zero-order chi connectivity index (χ0) is 12.0. The van der Waals surface area contributed by atoms with Crippen LogP contribution in [0.3, 0.4) is 0 Å². The molecule has 4 nitrogen and oxygen atoms in total. The van der Waals surface area contributed by atoms with E-state index in [1.807, 2.05) is 0 Å². The number of thiol groups is 1. The van der Waals surface area contributed by atoms with Crippen LogP contribution in [0.25, 0.3) is 0 Å². The van der Waals surface area contributed by atoms with Gasteiger partial charge in [0.05, 0.1) is 0 Å². The lowest BCUT2D eigenvalue weighted by atomic mass is 10.1. The largest absolute Gasteiger partial charge is 0.426 e. The number of aromatic nitrogens is 1. The van der Waals surface area contributed by atoms with Gasteiger partial charge in [0.25, 0.3) is 0 Å². The molecule has 1 aromatic rings. The van der Waals surface area contributed by atoms with E-state index in [1.54, 1.807) is 12.3 Å². The summed E-state index contributed by atoms with van der Waals surface area (Å²) >= 11 is 4.20. The SMILES string of the molecule is CC(=O)Oc1ccnc(CCCO)c1CS. The fraction of sp³-hybridized carbons (Fsp3) is 0.455. The van der Waals surface area contributed by atoms with E-state index in [1.165, 1.54) is 6.92 Å². The molecule has 1 N–H and O–H groups in total. The minimum Gasteiger partial charge on any atom is -0.426 e. The Morgan fingerprint density at radius 3 is 2.94 bits per heavy atom. The fourth-order valence-electron chi connectivity index (χ4n) is 1.40. The molecule has 0 atom stereocenters. The van der Waals surface area contributed by atoms with Gasteiger partial charge in [-0.05, 0) is 18.9 Å². The smallest absolute Gasteiger partial charge is 0.308 e. The second-order valence-electron chi connectivity index (χ2n) is 3.31. The van der Waals surface area contributed by atoms with Crippen molar-refractivity contribution in [2.24, 2.45) is 0 Å². The molecule has 1 rings (SSSR count). The molecular formula is C11H15NO3S. The Morgan fingerprint density at radius 2 is 2.38 bits per heavy atom. The van der Waals surface area contributed by atoms with Crippen LogP contribution in [0, 0.1) is 0 Å². The van der Waals surface area contributed by atoms with E-state index in [0.717, 1.165) is 11.3 Å². The van der Waals surface area contributed by atoms with Crippen LogP contribution >= 0.6 is 12.6 Å². The third-order valence-corrected chi connectivity index (χ3v) is 2.40. The Labute approximate surface area is 100 Å². The van der Waals surface area contributed by atoms with Crippen LogP contribution in [0.4, 0.5) is 0 Å². The number of aryl methyl sites for hydroxylation is 1. The minimum atomic E-state index is -0.359. The van der Waals surface area contributed by atoms with E-state index >= 15 is 0 Å². The van der Waals surface area contributed by atoms with Gasteiger partial charge in [0.2, 0.25) is 0 Å². The highest BCUT2D eigenvalue weighted by Crippen LogP contribution is 2.23. The molecule has 0 saturated carbocycles. The molecule has 0 fully saturated rings. The van der Waals surface area contributed by atoms with Crippen molar-refractivity contribution in [3.05, 3.63) is 23.5 Å². The Kier molecular flexibility index (Phi) is 5.28. The molecule has 0 radical (unpaired) electrons. The summed E-state index contributed by atoms with van der Waals surface area (Å²) in [6.07, 6.45) is 2.89.